The molecule has 110 valence electrons. The zero-order chi connectivity index (χ0) is 14.7. The van der Waals surface area contributed by atoms with Crippen molar-refractivity contribution in [3.05, 3.63) is 35.4 Å². The van der Waals surface area contributed by atoms with Gasteiger partial charge in [0.05, 0.1) is 11.5 Å². The Balaban J connectivity index is 1.88. The molecule has 3 aliphatic rings. The first-order valence-corrected chi connectivity index (χ1v) is 8.34. The number of hydrogen-bond acceptors (Lipinski definition) is 2. The van der Waals surface area contributed by atoms with Crippen LogP contribution in [0.5, 0.6) is 0 Å². The fourth-order valence-electron chi connectivity index (χ4n) is 5.55. The highest BCUT2D eigenvalue weighted by molar-refractivity contribution is 5.42. The van der Waals surface area contributed by atoms with Crippen molar-refractivity contribution in [2.75, 3.05) is 0 Å². The highest BCUT2D eigenvalue weighted by atomic mass is 16.3. The summed E-state index contributed by atoms with van der Waals surface area (Å²) in [6.45, 7) is 2.23. The van der Waals surface area contributed by atoms with Crippen LogP contribution in [0.1, 0.15) is 62.5 Å². The van der Waals surface area contributed by atoms with Crippen molar-refractivity contribution in [1.29, 1.82) is 5.26 Å². The molecule has 1 N–H and O–H groups in total. The molecule has 0 spiro atoms. The smallest absolute Gasteiger partial charge is 0.109 e. The lowest BCUT2D eigenvalue weighted by molar-refractivity contribution is -0.102. The molecule has 1 aromatic rings. The molecular weight excluding hydrogens is 258 g/mol. The van der Waals surface area contributed by atoms with Gasteiger partial charge >= 0.3 is 0 Å². The standard InChI is InChI=1S/C19H23NO/c1-13-8-9-19(21,17-5-3-2-4-16(13)17)18(12-20)11-14-6-7-15(18)10-14/h2-5,13-15,21H,6-11H2,1H3. The van der Waals surface area contributed by atoms with Gasteiger partial charge in [0.25, 0.3) is 0 Å². The first-order chi connectivity index (χ1) is 10.1. The van der Waals surface area contributed by atoms with Crippen molar-refractivity contribution in [3.63, 3.8) is 0 Å². The lowest BCUT2D eigenvalue weighted by Gasteiger charge is -2.49. The second kappa shape index (κ2) is 4.34. The third kappa shape index (κ3) is 1.56. The van der Waals surface area contributed by atoms with Crippen molar-refractivity contribution < 1.29 is 5.11 Å². The summed E-state index contributed by atoms with van der Waals surface area (Å²) in [7, 11) is 0. The van der Waals surface area contributed by atoms with Gasteiger partial charge in [-0.3, -0.25) is 0 Å². The number of fused-ring (bicyclic) bond motifs is 3. The number of nitrogens with zero attached hydrogens (tertiary/aromatic N) is 1. The van der Waals surface area contributed by atoms with Gasteiger partial charge in [-0.05, 0) is 61.0 Å². The van der Waals surface area contributed by atoms with E-state index in [-0.39, 0.29) is 0 Å². The molecule has 0 aromatic heterocycles. The molecule has 0 amide bonds. The Morgan fingerprint density at radius 3 is 2.71 bits per heavy atom. The molecule has 5 atom stereocenters. The molecule has 3 aliphatic carbocycles. The molecule has 2 bridgehead atoms. The summed E-state index contributed by atoms with van der Waals surface area (Å²) in [4.78, 5) is 0. The minimum Gasteiger partial charge on any atom is -0.383 e. The highest BCUT2D eigenvalue weighted by Gasteiger charge is 2.63. The molecule has 2 heteroatoms. The number of hydrogen-bond donors (Lipinski definition) is 1. The summed E-state index contributed by atoms with van der Waals surface area (Å²) >= 11 is 0. The van der Waals surface area contributed by atoms with Crippen molar-refractivity contribution in [2.45, 2.75) is 57.0 Å². The summed E-state index contributed by atoms with van der Waals surface area (Å²) in [5.41, 5.74) is 0.804. The van der Waals surface area contributed by atoms with Crippen molar-refractivity contribution in [2.24, 2.45) is 17.3 Å². The van der Waals surface area contributed by atoms with Crippen LogP contribution < -0.4 is 0 Å². The van der Waals surface area contributed by atoms with Gasteiger partial charge < -0.3 is 5.11 Å². The summed E-state index contributed by atoms with van der Waals surface area (Å²) in [5, 5.41) is 21.7. The van der Waals surface area contributed by atoms with Crippen molar-refractivity contribution >= 4 is 0 Å². The molecule has 0 aliphatic heterocycles. The number of nitriles is 1. The number of benzene rings is 1. The first kappa shape index (κ1) is 13.3. The fourth-order valence-corrected chi connectivity index (χ4v) is 5.55. The maximum atomic E-state index is 11.7. The van der Waals surface area contributed by atoms with E-state index in [0.717, 1.165) is 37.7 Å². The Hall–Kier alpha value is -1.33. The number of aliphatic hydroxyl groups is 1. The van der Waals surface area contributed by atoms with Gasteiger partial charge in [-0.15, -0.1) is 0 Å². The average molecular weight is 281 g/mol. The Morgan fingerprint density at radius 2 is 2.05 bits per heavy atom. The lowest BCUT2D eigenvalue weighted by Crippen LogP contribution is -2.50. The third-order valence-electron chi connectivity index (χ3n) is 6.66. The Morgan fingerprint density at radius 1 is 1.24 bits per heavy atom. The van der Waals surface area contributed by atoms with Crippen LogP contribution in [0.15, 0.2) is 24.3 Å². The maximum absolute atomic E-state index is 11.7. The van der Waals surface area contributed by atoms with E-state index in [0.29, 0.717) is 17.8 Å². The van der Waals surface area contributed by atoms with Gasteiger partial charge in [0.1, 0.15) is 5.60 Å². The summed E-state index contributed by atoms with van der Waals surface area (Å²) in [6, 6.07) is 10.9. The van der Waals surface area contributed by atoms with Gasteiger partial charge in [-0.25, -0.2) is 0 Å². The molecule has 5 unspecified atom stereocenters. The Bertz CT molecular complexity index is 618. The van der Waals surface area contributed by atoms with E-state index in [1.807, 2.05) is 6.07 Å². The predicted molar refractivity (Wildman–Crippen MR) is 81.5 cm³/mol. The molecule has 21 heavy (non-hydrogen) atoms. The topological polar surface area (TPSA) is 44.0 Å². The zero-order valence-corrected chi connectivity index (χ0v) is 12.7. The van der Waals surface area contributed by atoms with E-state index in [9.17, 15) is 10.4 Å². The molecule has 0 saturated heterocycles. The second-order valence-electron chi connectivity index (χ2n) is 7.55. The van der Waals surface area contributed by atoms with E-state index < -0.39 is 11.0 Å². The Kier molecular flexibility index (Phi) is 2.75. The average Bonchev–Trinajstić information content (AvgIpc) is 3.13. The summed E-state index contributed by atoms with van der Waals surface area (Å²) in [5.74, 6) is 1.53. The summed E-state index contributed by atoms with van der Waals surface area (Å²) < 4.78 is 0. The Labute approximate surface area is 126 Å². The van der Waals surface area contributed by atoms with Crippen LogP contribution in [0.3, 0.4) is 0 Å². The third-order valence-corrected chi connectivity index (χ3v) is 6.66. The zero-order valence-electron chi connectivity index (χ0n) is 12.7. The van der Waals surface area contributed by atoms with Gasteiger partial charge in [-0.1, -0.05) is 37.6 Å². The van der Waals surface area contributed by atoms with E-state index >= 15 is 0 Å². The highest BCUT2D eigenvalue weighted by Crippen LogP contribution is 2.65. The first-order valence-electron chi connectivity index (χ1n) is 8.34. The van der Waals surface area contributed by atoms with E-state index in [1.54, 1.807) is 0 Å². The molecule has 2 saturated carbocycles. The molecule has 0 heterocycles. The van der Waals surface area contributed by atoms with Crippen molar-refractivity contribution in [3.8, 4) is 6.07 Å². The maximum Gasteiger partial charge on any atom is 0.109 e. The van der Waals surface area contributed by atoms with Gasteiger partial charge in [0, 0.05) is 0 Å². The van der Waals surface area contributed by atoms with Crippen LogP contribution in [0.25, 0.3) is 0 Å². The fraction of sp³-hybridized carbons (Fsp3) is 0.632. The van der Waals surface area contributed by atoms with Crippen LogP contribution in [-0.4, -0.2) is 5.11 Å². The lowest BCUT2D eigenvalue weighted by atomic mass is 9.56. The summed E-state index contributed by atoms with van der Waals surface area (Å²) in [6.07, 6.45) is 6.14. The van der Waals surface area contributed by atoms with Crippen LogP contribution in [-0.2, 0) is 5.60 Å². The largest absolute Gasteiger partial charge is 0.383 e. The van der Waals surface area contributed by atoms with Gasteiger partial charge in [-0.2, -0.15) is 5.26 Å². The molecule has 2 fully saturated rings. The molecule has 1 aromatic carbocycles. The SMILES string of the molecule is CC1CCC(O)(C2(C#N)CC3CCC2C3)c2ccccc21. The minimum atomic E-state index is -0.940. The van der Waals surface area contributed by atoms with Crippen LogP contribution >= 0.6 is 0 Å². The van der Waals surface area contributed by atoms with E-state index in [4.69, 9.17) is 0 Å². The molecule has 0 radical (unpaired) electrons. The van der Waals surface area contributed by atoms with Gasteiger partial charge in [0.2, 0.25) is 0 Å². The van der Waals surface area contributed by atoms with E-state index in [1.165, 1.54) is 12.0 Å². The van der Waals surface area contributed by atoms with Crippen LogP contribution in [0.2, 0.25) is 0 Å². The number of rotatable bonds is 1. The minimum absolute atomic E-state index is 0.388. The molecular formula is C19H23NO. The predicted octanol–water partition coefficient (Wildman–Crippen LogP) is 4.10. The monoisotopic (exact) mass is 281 g/mol. The molecule has 2 nitrogen and oxygen atoms in total. The van der Waals surface area contributed by atoms with Crippen LogP contribution in [0.4, 0.5) is 0 Å². The quantitative estimate of drug-likeness (QED) is 0.842. The van der Waals surface area contributed by atoms with Crippen molar-refractivity contribution in [1.82, 2.24) is 0 Å². The molecule has 4 rings (SSSR count). The second-order valence-corrected chi connectivity index (χ2v) is 7.55. The van der Waals surface area contributed by atoms with Gasteiger partial charge in [0.15, 0.2) is 0 Å². The van der Waals surface area contributed by atoms with Crippen LogP contribution in [0, 0.1) is 28.6 Å². The van der Waals surface area contributed by atoms with E-state index in [2.05, 4.69) is 31.2 Å². The normalized spacial score (nSPS) is 44.3.